The Hall–Kier alpha value is -1.92. The first-order chi connectivity index (χ1) is 9.38. The summed E-state index contributed by atoms with van der Waals surface area (Å²) in [5, 5.41) is 5.28. The zero-order valence-corrected chi connectivity index (χ0v) is 11.2. The molecule has 0 fully saturated rings. The Morgan fingerprint density at radius 3 is 3.11 bits per heavy atom. The molecule has 0 amide bonds. The average molecular weight is 275 g/mol. The fourth-order valence-corrected chi connectivity index (χ4v) is 2.57. The van der Waals surface area contributed by atoms with E-state index in [2.05, 4.69) is 15.3 Å². The van der Waals surface area contributed by atoms with E-state index in [0.29, 0.717) is 24.7 Å². The molecule has 0 aromatic carbocycles. The summed E-state index contributed by atoms with van der Waals surface area (Å²) in [7, 11) is 1.68. The Balaban J connectivity index is 2.00. The van der Waals surface area contributed by atoms with Crippen molar-refractivity contribution >= 4 is 27.4 Å². The van der Waals surface area contributed by atoms with Gasteiger partial charge in [0.25, 0.3) is 0 Å². The highest BCUT2D eigenvalue weighted by Gasteiger charge is 2.11. The van der Waals surface area contributed by atoms with Crippen LogP contribution >= 0.6 is 11.3 Å². The Kier molecular flexibility index (Phi) is 3.43. The molecule has 3 heterocycles. The molecule has 5 nitrogen and oxygen atoms in total. The maximum Gasteiger partial charge on any atom is 0.198 e. The lowest BCUT2D eigenvalue weighted by molar-refractivity contribution is 0.210. The second-order valence-electron chi connectivity index (χ2n) is 3.93. The molecule has 98 valence electrons. The van der Waals surface area contributed by atoms with Gasteiger partial charge >= 0.3 is 0 Å². The standard InChI is InChI=1S/C13H13N3O2S/c1-17-7-5-14-13-11-9(4-8-19-11)15-12(16-13)10-3-2-6-18-10/h2-4,6,8H,5,7H2,1H3,(H,14,15,16). The summed E-state index contributed by atoms with van der Waals surface area (Å²) < 4.78 is 11.4. The number of aromatic nitrogens is 2. The summed E-state index contributed by atoms with van der Waals surface area (Å²) in [4.78, 5) is 9.03. The monoisotopic (exact) mass is 275 g/mol. The molecular formula is C13H13N3O2S. The Morgan fingerprint density at radius 2 is 2.32 bits per heavy atom. The lowest BCUT2D eigenvalue weighted by Gasteiger charge is -2.07. The molecular weight excluding hydrogens is 262 g/mol. The van der Waals surface area contributed by atoms with Gasteiger partial charge in [0.15, 0.2) is 11.6 Å². The number of anilines is 1. The van der Waals surface area contributed by atoms with E-state index in [9.17, 15) is 0 Å². The van der Waals surface area contributed by atoms with Gasteiger partial charge in [-0.05, 0) is 23.6 Å². The maximum absolute atomic E-state index is 5.35. The summed E-state index contributed by atoms with van der Waals surface area (Å²) in [5.41, 5.74) is 0.923. The number of furan rings is 1. The first-order valence-corrected chi connectivity index (χ1v) is 6.78. The van der Waals surface area contributed by atoms with Crippen LogP contribution in [0.3, 0.4) is 0 Å². The highest BCUT2D eigenvalue weighted by molar-refractivity contribution is 7.17. The van der Waals surface area contributed by atoms with Crippen molar-refractivity contribution < 1.29 is 9.15 Å². The summed E-state index contributed by atoms with van der Waals surface area (Å²) in [6.45, 7) is 1.34. The van der Waals surface area contributed by atoms with E-state index in [1.807, 2.05) is 23.6 Å². The van der Waals surface area contributed by atoms with Crippen LogP contribution in [0, 0.1) is 0 Å². The van der Waals surface area contributed by atoms with Crippen molar-refractivity contribution in [3.05, 3.63) is 29.8 Å². The van der Waals surface area contributed by atoms with Gasteiger partial charge in [-0.2, -0.15) is 0 Å². The zero-order valence-electron chi connectivity index (χ0n) is 10.4. The van der Waals surface area contributed by atoms with Crippen LogP contribution in [0.2, 0.25) is 0 Å². The third-order valence-electron chi connectivity index (χ3n) is 2.64. The van der Waals surface area contributed by atoms with Gasteiger partial charge in [0.2, 0.25) is 0 Å². The molecule has 19 heavy (non-hydrogen) atoms. The number of hydrogen-bond donors (Lipinski definition) is 1. The number of nitrogens with zero attached hydrogens (tertiary/aromatic N) is 2. The molecule has 3 rings (SSSR count). The van der Waals surface area contributed by atoms with E-state index in [4.69, 9.17) is 9.15 Å². The summed E-state index contributed by atoms with van der Waals surface area (Å²) in [5.74, 6) is 2.09. The minimum atomic E-state index is 0.593. The smallest absolute Gasteiger partial charge is 0.198 e. The van der Waals surface area contributed by atoms with Gasteiger partial charge in [-0.25, -0.2) is 9.97 Å². The first-order valence-electron chi connectivity index (χ1n) is 5.90. The number of rotatable bonds is 5. The van der Waals surface area contributed by atoms with Gasteiger partial charge in [-0.15, -0.1) is 11.3 Å². The lowest BCUT2D eigenvalue weighted by atomic mass is 10.3. The topological polar surface area (TPSA) is 60.2 Å². The fraction of sp³-hybridized carbons (Fsp3) is 0.231. The molecule has 0 aliphatic rings. The second-order valence-corrected chi connectivity index (χ2v) is 4.84. The number of thiophene rings is 1. The Bertz CT molecular complexity index is 664. The van der Waals surface area contributed by atoms with E-state index < -0.39 is 0 Å². The minimum absolute atomic E-state index is 0.593. The van der Waals surface area contributed by atoms with Gasteiger partial charge < -0.3 is 14.5 Å². The molecule has 0 bridgehead atoms. The summed E-state index contributed by atoms with van der Waals surface area (Å²) >= 11 is 1.62. The molecule has 0 saturated heterocycles. The largest absolute Gasteiger partial charge is 0.461 e. The van der Waals surface area contributed by atoms with Crippen molar-refractivity contribution in [1.82, 2.24) is 9.97 Å². The van der Waals surface area contributed by atoms with Crippen LogP contribution in [-0.2, 0) is 4.74 Å². The number of methoxy groups -OCH3 is 1. The maximum atomic E-state index is 5.35. The van der Waals surface area contributed by atoms with Crippen LogP contribution < -0.4 is 5.32 Å². The highest BCUT2D eigenvalue weighted by Crippen LogP contribution is 2.28. The number of nitrogens with one attached hydrogen (secondary N) is 1. The van der Waals surface area contributed by atoms with Crippen molar-refractivity contribution in [3.63, 3.8) is 0 Å². The van der Waals surface area contributed by atoms with Gasteiger partial charge in [0.1, 0.15) is 5.82 Å². The van der Waals surface area contributed by atoms with Gasteiger partial charge in [0, 0.05) is 13.7 Å². The third kappa shape index (κ3) is 2.45. The molecule has 1 N–H and O–H groups in total. The van der Waals surface area contributed by atoms with Crippen molar-refractivity contribution in [2.24, 2.45) is 0 Å². The molecule has 3 aromatic rings. The van der Waals surface area contributed by atoms with Crippen LogP contribution in [0.25, 0.3) is 21.8 Å². The van der Waals surface area contributed by atoms with Crippen LogP contribution in [0.5, 0.6) is 0 Å². The number of ether oxygens (including phenoxy) is 1. The molecule has 0 spiro atoms. The molecule has 6 heteroatoms. The average Bonchev–Trinajstić information content (AvgIpc) is 3.09. The fourth-order valence-electron chi connectivity index (χ4n) is 1.77. The van der Waals surface area contributed by atoms with Gasteiger partial charge in [-0.1, -0.05) is 0 Å². The van der Waals surface area contributed by atoms with Crippen molar-refractivity contribution in [2.75, 3.05) is 25.6 Å². The van der Waals surface area contributed by atoms with Gasteiger partial charge in [0.05, 0.1) is 23.1 Å². The van der Waals surface area contributed by atoms with E-state index in [-0.39, 0.29) is 0 Å². The number of hydrogen-bond acceptors (Lipinski definition) is 6. The van der Waals surface area contributed by atoms with Crippen LogP contribution in [0.15, 0.2) is 34.3 Å². The van der Waals surface area contributed by atoms with E-state index >= 15 is 0 Å². The summed E-state index contributed by atoms with van der Waals surface area (Å²) in [6, 6.07) is 5.66. The van der Waals surface area contributed by atoms with Crippen LogP contribution in [0.1, 0.15) is 0 Å². The highest BCUT2D eigenvalue weighted by atomic mass is 32.1. The first kappa shape index (κ1) is 12.1. The van der Waals surface area contributed by atoms with Gasteiger partial charge in [-0.3, -0.25) is 0 Å². The van der Waals surface area contributed by atoms with Crippen molar-refractivity contribution in [3.8, 4) is 11.6 Å². The SMILES string of the molecule is COCCNc1nc(-c2ccco2)nc2ccsc12. The quantitative estimate of drug-likeness (QED) is 0.725. The van der Waals surface area contributed by atoms with Crippen LogP contribution in [-0.4, -0.2) is 30.2 Å². The zero-order chi connectivity index (χ0) is 13.1. The second kappa shape index (κ2) is 5.38. The minimum Gasteiger partial charge on any atom is -0.461 e. The molecule has 0 unspecified atom stereocenters. The summed E-state index contributed by atoms with van der Waals surface area (Å²) in [6.07, 6.45) is 1.62. The Morgan fingerprint density at radius 1 is 1.37 bits per heavy atom. The molecule has 0 aliphatic carbocycles. The van der Waals surface area contributed by atoms with E-state index in [1.165, 1.54) is 0 Å². The molecule has 0 radical (unpaired) electrons. The van der Waals surface area contributed by atoms with E-state index in [0.717, 1.165) is 16.0 Å². The van der Waals surface area contributed by atoms with Crippen LogP contribution in [0.4, 0.5) is 5.82 Å². The molecule has 0 aliphatic heterocycles. The molecule has 0 atom stereocenters. The van der Waals surface area contributed by atoms with E-state index in [1.54, 1.807) is 24.7 Å². The predicted octanol–water partition coefficient (Wildman–Crippen LogP) is 3.01. The lowest BCUT2D eigenvalue weighted by Crippen LogP contribution is -2.09. The number of fused-ring (bicyclic) bond motifs is 1. The molecule has 3 aromatic heterocycles. The Labute approximate surface area is 114 Å². The molecule has 0 saturated carbocycles. The van der Waals surface area contributed by atoms with Crippen molar-refractivity contribution in [2.45, 2.75) is 0 Å². The predicted molar refractivity (Wildman–Crippen MR) is 75.5 cm³/mol. The van der Waals surface area contributed by atoms with Crippen molar-refractivity contribution in [1.29, 1.82) is 0 Å². The third-order valence-corrected chi connectivity index (χ3v) is 3.55. The normalized spacial score (nSPS) is 11.0.